The number of nitro benzene ring substituents is 1. The Hall–Kier alpha value is -5.19. The minimum absolute atomic E-state index is 0.0944. The van der Waals surface area contributed by atoms with E-state index in [1.54, 1.807) is 43.3 Å². The van der Waals surface area contributed by atoms with Crippen LogP contribution in [0.4, 0.5) is 21.5 Å². The molecule has 0 aromatic heterocycles. The van der Waals surface area contributed by atoms with Crippen LogP contribution in [0.15, 0.2) is 84.4 Å². The van der Waals surface area contributed by atoms with E-state index in [-0.39, 0.29) is 29.8 Å². The molecule has 2 aliphatic heterocycles. The number of benzene rings is 3. The van der Waals surface area contributed by atoms with Crippen LogP contribution in [0.5, 0.6) is 5.75 Å². The Morgan fingerprint density at radius 1 is 0.864 bits per heavy atom. The van der Waals surface area contributed by atoms with Gasteiger partial charge in [0.2, 0.25) is 23.6 Å². The van der Waals surface area contributed by atoms with Gasteiger partial charge < -0.3 is 5.11 Å². The van der Waals surface area contributed by atoms with Crippen molar-refractivity contribution in [1.29, 1.82) is 0 Å². The second-order valence-electron chi connectivity index (χ2n) is 12.0. The fourth-order valence-corrected chi connectivity index (χ4v) is 7.93. The van der Waals surface area contributed by atoms with Crippen LogP contribution < -0.4 is 9.80 Å². The van der Waals surface area contributed by atoms with Crippen molar-refractivity contribution >= 4 is 40.7 Å². The van der Waals surface area contributed by atoms with Gasteiger partial charge in [-0.05, 0) is 56.0 Å². The first-order valence-electron chi connectivity index (χ1n) is 14.3. The lowest BCUT2D eigenvalue weighted by molar-refractivity contribution is -0.384. The van der Waals surface area contributed by atoms with E-state index in [0.717, 1.165) is 15.9 Å². The van der Waals surface area contributed by atoms with E-state index >= 15 is 0 Å². The first-order valence-corrected chi connectivity index (χ1v) is 14.3. The number of carbonyl (C=O) groups excluding carboxylic acids is 4. The van der Waals surface area contributed by atoms with Crippen LogP contribution in [-0.4, -0.2) is 33.7 Å². The number of rotatable bonds is 4. The Morgan fingerprint density at radius 3 is 2.23 bits per heavy atom. The van der Waals surface area contributed by atoms with Gasteiger partial charge in [-0.3, -0.25) is 34.2 Å². The molecule has 4 aliphatic rings. The third-order valence-electron chi connectivity index (χ3n) is 9.94. The Labute approximate surface area is 250 Å². The number of carbonyl (C=O) groups is 4. The highest BCUT2D eigenvalue weighted by molar-refractivity contribution is 6.25. The summed E-state index contributed by atoms with van der Waals surface area (Å²) in [5.74, 6) is -7.62. The number of nitrogens with zero attached hydrogens (tertiary/aromatic N) is 3. The molecule has 44 heavy (non-hydrogen) atoms. The largest absolute Gasteiger partial charge is 0.505 e. The Kier molecular flexibility index (Phi) is 6.07. The third-order valence-corrected chi connectivity index (χ3v) is 9.94. The van der Waals surface area contributed by atoms with Crippen LogP contribution in [0.3, 0.4) is 0 Å². The molecule has 0 unspecified atom stereocenters. The number of fused-ring (bicyclic) bond motifs is 4. The van der Waals surface area contributed by atoms with E-state index in [9.17, 15) is 38.8 Å². The fourth-order valence-electron chi connectivity index (χ4n) is 7.93. The molecule has 2 aliphatic carbocycles. The van der Waals surface area contributed by atoms with Gasteiger partial charge in [-0.15, -0.1) is 0 Å². The van der Waals surface area contributed by atoms with Crippen molar-refractivity contribution in [1.82, 2.24) is 0 Å². The average molecular weight is 596 g/mol. The van der Waals surface area contributed by atoms with Crippen LogP contribution in [0.2, 0.25) is 0 Å². The van der Waals surface area contributed by atoms with Crippen molar-refractivity contribution in [3.05, 3.63) is 106 Å². The molecule has 11 heteroatoms. The maximum atomic E-state index is 14.8. The zero-order chi connectivity index (χ0) is 31.1. The van der Waals surface area contributed by atoms with Crippen molar-refractivity contribution in [2.45, 2.75) is 25.7 Å². The quantitative estimate of drug-likeness (QED) is 0.196. The van der Waals surface area contributed by atoms with Gasteiger partial charge in [-0.2, -0.15) is 0 Å². The van der Waals surface area contributed by atoms with E-state index in [1.807, 2.05) is 0 Å². The van der Waals surface area contributed by atoms with Crippen molar-refractivity contribution in [3.8, 4) is 5.75 Å². The minimum Gasteiger partial charge on any atom is -0.505 e. The van der Waals surface area contributed by atoms with Gasteiger partial charge in [0.1, 0.15) is 0 Å². The molecular weight excluding hydrogens is 569 g/mol. The third kappa shape index (κ3) is 3.64. The van der Waals surface area contributed by atoms with Gasteiger partial charge in [0, 0.05) is 23.6 Å². The highest BCUT2D eigenvalue weighted by Gasteiger charge is 2.68. The smallest absolute Gasteiger partial charge is 0.269 e. The lowest BCUT2D eigenvalue weighted by Gasteiger charge is -2.49. The lowest BCUT2D eigenvalue weighted by atomic mass is 9.51. The summed E-state index contributed by atoms with van der Waals surface area (Å²) in [6, 6.07) is 17.7. The highest BCUT2D eigenvalue weighted by Crippen LogP contribution is 2.64. The summed E-state index contributed by atoms with van der Waals surface area (Å²) in [6.07, 6.45) is 2.05. The molecule has 3 aromatic carbocycles. The molecule has 7 rings (SSSR count). The molecule has 1 N–H and O–H groups in total. The van der Waals surface area contributed by atoms with Crippen LogP contribution in [0.1, 0.15) is 31.2 Å². The predicted octanol–water partition coefficient (Wildman–Crippen LogP) is 4.87. The molecule has 6 atom stereocenters. The monoisotopic (exact) mass is 595 g/mol. The summed E-state index contributed by atoms with van der Waals surface area (Å²) in [7, 11) is 0. The summed E-state index contributed by atoms with van der Waals surface area (Å²) in [5.41, 5.74) is -0.293. The number of phenolic OH excluding ortho intramolecular Hbond substituents is 1. The molecule has 0 spiro atoms. The van der Waals surface area contributed by atoms with Gasteiger partial charge in [-0.1, -0.05) is 42.0 Å². The van der Waals surface area contributed by atoms with Crippen LogP contribution >= 0.6 is 0 Å². The van der Waals surface area contributed by atoms with Crippen LogP contribution in [0.25, 0.3) is 0 Å². The first kappa shape index (κ1) is 27.6. The second-order valence-corrected chi connectivity index (χ2v) is 12.0. The molecule has 3 aromatic rings. The molecule has 3 fully saturated rings. The number of phenols is 1. The lowest BCUT2D eigenvalue weighted by Crippen LogP contribution is -2.49. The second kappa shape index (κ2) is 9.66. The van der Waals surface area contributed by atoms with Gasteiger partial charge in [0.15, 0.2) is 11.6 Å². The van der Waals surface area contributed by atoms with Crippen molar-refractivity contribution in [2.75, 3.05) is 9.80 Å². The zero-order valence-electron chi connectivity index (χ0n) is 23.4. The van der Waals surface area contributed by atoms with E-state index < -0.39 is 75.1 Å². The number of halogens is 1. The van der Waals surface area contributed by atoms with Gasteiger partial charge in [0.05, 0.1) is 39.5 Å². The molecule has 2 saturated heterocycles. The van der Waals surface area contributed by atoms with Crippen molar-refractivity contribution < 1.29 is 33.6 Å². The predicted molar refractivity (Wildman–Crippen MR) is 155 cm³/mol. The zero-order valence-corrected chi connectivity index (χ0v) is 23.4. The van der Waals surface area contributed by atoms with E-state index in [2.05, 4.69) is 0 Å². The van der Waals surface area contributed by atoms with Crippen molar-refractivity contribution in [2.24, 2.45) is 29.1 Å². The Balaban J connectivity index is 1.36. The van der Waals surface area contributed by atoms with E-state index in [1.165, 1.54) is 36.4 Å². The molecule has 1 saturated carbocycles. The molecule has 2 heterocycles. The standard InChI is InChI=1S/C33H26FN3O7/c1-33-24(30(40)36(32(33)42)17-6-3-2-4-7-17)16-23-20(27(33)22-8-5-9-25(34)28(22)38)14-15-21-26(23)31(41)35(29(21)39)18-10-12-19(13-11-18)37(43)44/h2-14,21,23-24,26-27,38H,15-16H2,1H3/t21-,23+,24-,26-,27+,33+/m0/s1. The number of amides is 4. The number of hydrogen-bond donors (Lipinski definition) is 1. The van der Waals surface area contributed by atoms with Crippen LogP contribution in [-0.2, 0) is 19.2 Å². The first-order chi connectivity index (χ1) is 21.1. The number of nitro groups is 1. The van der Waals surface area contributed by atoms with Gasteiger partial charge in [-0.25, -0.2) is 9.29 Å². The molecule has 10 nitrogen and oxygen atoms in total. The molecule has 0 bridgehead atoms. The summed E-state index contributed by atoms with van der Waals surface area (Å²) in [6.45, 7) is 1.66. The number of aromatic hydroxyl groups is 1. The number of anilines is 2. The summed E-state index contributed by atoms with van der Waals surface area (Å²) in [5, 5.41) is 22.1. The summed E-state index contributed by atoms with van der Waals surface area (Å²) in [4.78, 5) is 68.9. The van der Waals surface area contributed by atoms with Crippen molar-refractivity contribution in [3.63, 3.8) is 0 Å². The highest BCUT2D eigenvalue weighted by atomic mass is 19.1. The topological polar surface area (TPSA) is 138 Å². The molecular formula is C33H26FN3O7. The molecule has 222 valence electrons. The Morgan fingerprint density at radius 2 is 1.55 bits per heavy atom. The minimum atomic E-state index is -1.42. The van der Waals surface area contributed by atoms with Gasteiger partial charge in [0.25, 0.3) is 5.69 Å². The molecule has 4 amide bonds. The number of allylic oxidation sites excluding steroid dienone is 2. The fraction of sp³-hybridized carbons (Fsp3) is 0.273. The normalized spacial score (nSPS) is 29.3. The average Bonchev–Trinajstić information content (AvgIpc) is 3.38. The number of para-hydroxylation sites is 2. The number of non-ortho nitro benzene ring substituents is 1. The summed E-state index contributed by atoms with van der Waals surface area (Å²) >= 11 is 0. The summed E-state index contributed by atoms with van der Waals surface area (Å²) < 4.78 is 14.8. The Bertz CT molecular complexity index is 1810. The van der Waals surface area contributed by atoms with E-state index in [0.29, 0.717) is 11.3 Å². The number of imide groups is 2. The maximum Gasteiger partial charge on any atom is 0.269 e. The van der Waals surface area contributed by atoms with E-state index in [4.69, 9.17) is 0 Å². The maximum absolute atomic E-state index is 14.8. The SMILES string of the molecule is C[C@@]12C(=O)N(c3ccccc3)C(=O)[C@@H]1C[C@@H]1C(=CC[C@@H]3C(=O)N(c4ccc([N+](=O)[O-])cc4)C(=O)[C@@H]31)[C@@H]2c1cccc(F)c1O. The molecule has 0 radical (unpaired) electrons. The van der Waals surface area contributed by atoms with Gasteiger partial charge >= 0.3 is 0 Å². The van der Waals surface area contributed by atoms with Crippen LogP contribution in [0, 0.1) is 45.0 Å². The number of hydrogen-bond acceptors (Lipinski definition) is 7.